The Balaban J connectivity index is 1.63. The number of nitrogens with zero attached hydrogens (tertiary/aromatic N) is 3. The number of hydrogen-bond donors (Lipinski definition) is 1. The van der Waals surface area contributed by atoms with Crippen LogP contribution in [0.1, 0.15) is 30.5 Å². The van der Waals surface area contributed by atoms with E-state index in [2.05, 4.69) is 40.5 Å². The van der Waals surface area contributed by atoms with Gasteiger partial charge in [-0.3, -0.25) is 9.69 Å². The first-order valence-electron chi connectivity index (χ1n) is 7.70. The van der Waals surface area contributed by atoms with Crippen molar-refractivity contribution < 1.29 is 4.79 Å². The second kappa shape index (κ2) is 6.62. The second-order valence-corrected chi connectivity index (χ2v) is 6.98. The Bertz CT molecular complexity index is 620. The molecule has 5 nitrogen and oxygen atoms in total. The fraction of sp³-hybridized carbons (Fsp3) is 0.500. The highest BCUT2D eigenvalue weighted by atomic mass is 32.1. The molecule has 0 unspecified atom stereocenters. The molecule has 0 aliphatic carbocycles. The van der Waals surface area contributed by atoms with Crippen LogP contribution in [0.25, 0.3) is 0 Å². The van der Waals surface area contributed by atoms with E-state index >= 15 is 0 Å². The van der Waals surface area contributed by atoms with Crippen LogP contribution in [0.4, 0.5) is 0 Å². The number of aromatic nitrogens is 2. The molecule has 0 saturated carbocycles. The number of fused-ring (bicyclic) bond motifs is 1. The molecule has 0 spiro atoms. The zero-order valence-electron chi connectivity index (χ0n) is 13.0. The summed E-state index contributed by atoms with van der Waals surface area (Å²) in [5, 5.41) is 5.14. The maximum atomic E-state index is 12.6. The SMILES string of the molecule is CC(C)N1Cc2cncn2[C@H](C(=O)NCCc2cccs2)C1. The minimum absolute atomic E-state index is 0.0844. The molecule has 22 heavy (non-hydrogen) atoms. The van der Waals surface area contributed by atoms with E-state index in [1.54, 1.807) is 17.7 Å². The van der Waals surface area contributed by atoms with Gasteiger partial charge in [-0.2, -0.15) is 0 Å². The zero-order chi connectivity index (χ0) is 15.5. The third kappa shape index (κ3) is 3.23. The van der Waals surface area contributed by atoms with Gasteiger partial charge in [-0.1, -0.05) is 6.07 Å². The minimum atomic E-state index is -0.183. The maximum Gasteiger partial charge on any atom is 0.244 e. The Labute approximate surface area is 135 Å². The number of carbonyl (C=O) groups is 1. The molecule has 0 radical (unpaired) electrons. The van der Waals surface area contributed by atoms with Crippen molar-refractivity contribution in [1.82, 2.24) is 19.8 Å². The van der Waals surface area contributed by atoms with Crippen LogP contribution in [0.15, 0.2) is 30.0 Å². The number of thiophene rings is 1. The molecule has 118 valence electrons. The summed E-state index contributed by atoms with van der Waals surface area (Å²) in [7, 11) is 0. The quantitative estimate of drug-likeness (QED) is 0.918. The number of imidazole rings is 1. The lowest BCUT2D eigenvalue weighted by molar-refractivity contribution is -0.125. The number of amides is 1. The van der Waals surface area contributed by atoms with Gasteiger partial charge in [-0.25, -0.2) is 4.98 Å². The van der Waals surface area contributed by atoms with Gasteiger partial charge in [-0.05, 0) is 31.7 Å². The number of nitrogens with one attached hydrogen (secondary N) is 1. The molecule has 0 bridgehead atoms. The van der Waals surface area contributed by atoms with Crippen molar-refractivity contribution >= 4 is 17.2 Å². The lowest BCUT2D eigenvalue weighted by Crippen LogP contribution is -2.46. The van der Waals surface area contributed by atoms with E-state index in [-0.39, 0.29) is 11.9 Å². The number of carbonyl (C=O) groups excluding carboxylic acids is 1. The highest BCUT2D eigenvalue weighted by molar-refractivity contribution is 7.09. The Hall–Kier alpha value is -1.66. The van der Waals surface area contributed by atoms with E-state index in [1.807, 2.05) is 16.8 Å². The fourth-order valence-corrected chi connectivity index (χ4v) is 3.51. The molecule has 3 rings (SSSR count). The molecule has 0 fully saturated rings. The summed E-state index contributed by atoms with van der Waals surface area (Å²) in [6.45, 7) is 6.61. The van der Waals surface area contributed by atoms with Crippen LogP contribution in [-0.4, -0.2) is 39.5 Å². The van der Waals surface area contributed by atoms with Crippen LogP contribution >= 0.6 is 11.3 Å². The van der Waals surface area contributed by atoms with E-state index in [0.717, 1.165) is 25.2 Å². The van der Waals surface area contributed by atoms with Gasteiger partial charge < -0.3 is 9.88 Å². The third-order valence-corrected chi connectivity index (χ3v) is 5.07. The summed E-state index contributed by atoms with van der Waals surface area (Å²) in [4.78, 5) is 20.4. The van der Waals surface area contributed by atoms with Crippen LogP contribution in [-0.2, 0) is 17.8 Å². The van der Waals surface area contributed by atoms with Crippen LogP contribution in [0.3, 0.4) is 0 Å². The number of hydrogen-bond acceptors (Lipinski definition) is 4. The van der Waals surface area contributed by atoms with E-state index in [4.69, 9.17) is 0 Å². The van der Waals surface area contributed by atoms with Crippen LogP contribution in [0.5, 0.6) is 0 Å². The van der Waals surface area contributed by atoms with Gasteiger partial charge in [0.2, 0.25) is 5.91 Å². The normalized spacial score (nSPS) is 18.4. The molecule has 1 N–H and O–H groups in total. The average Bonchev–Trinajstić information content (AvgIpc) is 3.16. The molecule has 1 aliphatic heterocycles. The lowest BCUT2D eigenvalue weighted by Gasteiger charge is -2.36. The number of rotatable bonds is 5. The minimum Gasteiger partial charge on any atom is -0.354 e. The van der Waals surface area contributed by atoms with Crippen LogP contribution in [0.2, 0.25) is 0 Å². The van der Waals surface area contributed by atoms with Gasteiger partial charge in [0, 0.05) is 36.8 Å². The Kier molecular flexibility index (Phi) is 4.59. The Morgan fingerprint density at radius 1 is 1.55 bits per heavy atom. The van der Waals surface area contributed by atoms with Crippen molar-refractivity contribution in [3.8, 4) is 0 Å². The monoisotopic (exact) mass is 318 g/mol. The van der Waals surface area contributed by atoms with Gasteiger partial charge in [0.15, 0.2) is 0 Å². The third-order valence-electron chi connectivity index (χ3n) is 4.14. The summed E-state index contributed by atoms with van der Waals surface area (Å²) in [5.41, 5.74) is 1.11. The standard InChI is InChI=1S/C16H22N4OS/c1-12(2)19-9-13-8-17-11-20(13)15(10-19)16(21)18-6-5-14-4-3-7-22-14/h3-4,7-8,11-12,15H,5-6,9-10H2,1-2H3,(H,18,21)/t15-/m0/s1. The van der Waals surface area contributed by atoms with Gasteiger partial charge in [0.25, 0.3) is 0 Å². The predicted octanol–water partition coefficient (Wildman–Crippen LogP) is 2.07. The predicted molar refractivity (Wildman–Crippen MR) is 87.8 cm³/mol. The topological polar surface area (TPSA) is 50.2 Å². The molecule has 1 aliphatic rings. The summed E-state index contributed by atoms with van der Waals surface area (Å²) < 4.78 is 2.01. The molecule has 0 saturated heterocycles. The molecule has 2 aromatic rings. The Morgan fingerprint density at radius 2 is 2.41 bits per heavy atom. The largest absolute Gasteiger partial charge is 0.354 e. The first kappa shape index (κ1) is 15.2. The summed E-state index contributed by atoms with van der Waals surface area (Å²) in [5.74, 6) is 0.0844. The highest BCUT2D eigenvalue weighted by Gasteiger charge is 2.30. The first-order chi connectivity index (χ1) is 10.6. The lowest BCUT2D eigenvalue weighted by atomic mass is 10.1. The summed E-state index contributed by atoms with van der Waals surface area (Å²) >= 11 is 1.73. The molecular formula is C16H22N4OS. The van der Waals surface area contributed by atoms with Crippen molar-refractivity contribution in [2.24, 2.45) is 0 Å². The molecule has 1 amide bonds. The van der Waals surface area contributed by atoms with Gasteiger partial charge in [0.05, 0.1) is 12.0 Å². The summed E-state index contributed by atoms with van der Waals surface area (Å²) in [6.07, 6.45) is 4.53. The second-order valence-electron chi connectivity index (χ2n) is 5.95. The van der Waals surface area contributed by atoms with Gasteiger partial charge >= 0.3 is 0 Å². The average molecular weight is 318 g/mol. The van der Waals surface area contributed by atoms with Crippen LogP contribution < -0.4 is 5.32 Å². The van der Waals surface area contributed by atoms with Crippen molar-refractivity contribution in [3.63, 3.8) is 0 Å². The van der Waals surface area contributed by atoms with E-state index in [9.17, 15) is 4.79 Å². The molecule has 3 heterocycles. The van der Waals surface area contributed by atoms with Crippen molar-refractivity contribution in [1.29, 1.82) is 0 Å². The Morgan fingerprint density at radius 3 is 3.14 bits per heavy atom. The fourth-order valence-electron chi connectivity index (χ4n) is 2.80. The van der Waals surface area contributed by atoms with Crippen molar-refractivity contribution in [3.05, 3.63) is 40.6 Å². The molecular weight excluding hydrogens is 296 g/mol. The van der Waals surface area contributed by atoms with E-state index in [1.165, 1.54) is 4.88 Å². The highest BCUT2D eigenvalue weighted by Crippen LogP contribution is 2.22. The first-order valence-corrected chi connectivity index (χ1v) is 8.58. The smallest absolute Gasteiger partial charge is 0.244 e. The molecule has 2 aromatic heterocycles. The van der Waals surface area contributed by atoms with Gasteiger partial charge in [0.1, 0.15) is 6.04 Å². The maximum absolute atomic E-state index is 12.6. The van der Waals surface area contributed by atoms with E-state index in [0.29, 0.717) is 12.6 Å². The van der Waals surface area contributed by atoms with Crippen LogP contribution in [0, 0.1) is 0 Å². The van der Waals surface area contributed by atoms with Crippen molar-refractivity contribution in [2.75, 3.05) is 13.1 Å². The molecule has 6 heteroatoms. The van der Waals surface area contributed by atoms with Crippen molar-refractivity contribution in [2.45, 2.75) is 38.9 Å². The summed E-state index contributed by atoms with van der Waals surface area (Å²) in [6, 6.07) is 4.38. The molecule has 1 atom stereocenters. The van der Waals surface area contributed by atoms with Gasteiger partial charge in [-0.15, -0.1) is 11.3 Å². The molecule has 0 aromatic carbocycles. The zero-order valence-corrected chi connectivity index (χ0v) is 13.8. The van der Waals surface area contributed by atoms with E-state index < -0.39 is 0 Å².